The molecule has 0 unspecified atom stereocenters. The highest BCUT2D eigenvalue weighted by atomic mass is 16.5. The van der Waals surface area contributed by atoms with Crippen LogP contribution in [0.2, 0.25) is 0 Å². The van der Waals surface area contributed by atoms with Crippen LogP contribution in [-0.2, 0) is 0 Å². The Morgan fingerprint density at radius 1 is 1.23 bits per heavy atom. The van der Waals surface area contributed by atoms with Crippen LogP contribution in [0.5, 0.6) is 5.75 Å². The first-order chi connectivity index (χ1) is 6.40. The average Bonchev–Trinajstić information content (AvgIpc) is 2.18. The van der Waals surface area contributed by atoms with E-state index in [-0.39, 0.29) is 0 Å². The zero-order valence-electron chi connectivity index (χ0n) is 7.16. The van der Waals surface area contributed by atoms with Crippen molar-refractivity contribution in [2.24, 2.45) is 0 Å². The lowest BCUT2D eigenvalue weighted by Crippen LogP contribution is -1.80. The first kappa shape index (κ1) is 7.87. The Hall–Kier alpha value is -1.76. The summed E-state index contributed by atoms with van der Waals surface area (Å²) in [7, 11) is 0. The number of hydrogen-bond acceptors (Lipinski definition) is 1. The summed E-state index contributed by atoms with van der Waals surface area (Å²) in [6.07, 6.45) is 1.43. The van der Waals surface area contributed by atoms with Crippen molar-refractivity contribution < 1.29 is 4.74 Å². The molecule has 0 fully saturated rings. The van der Waals surface area contributed by atoms with Crippen molar-refractivity contribution in [3.63, 3.8) is 0 Å². The minimum atomic E-state index is 0.814. The fourth-order valence-electron chi connectivity index (χ4n) is 1.27. The molecule has 1 radical (unpaired) electrons. The summed E-state index contributed by atoms with van der Waals surface area (Å²) in [6.45, 7) is 3.51. The third-order valence-corrected chi connectivity index (χ3v) is 1.88. The van der Waals surface area contributed by atoms with E-state index in [0.717, 1.165) is 11.1 Å². The number of hydrogen-bond donors (Lipinski definition) is 0. The highest BCUT2D eigenvalue weighted by molar-refractivity contribution is 5.83. The summed E-state index contributed by atoms with van der Waals surface area (Å²) in [5.41, 5.74) is 0. The summed E-state index contributed by atoms with van der Waals surface area (Å²) in [5, 5.41) is 2.32. The monoisotopic (exact) mass is 169 g/mol. The fraction of sp³-hybridized carbons (Fsp3) is 0. The van der Waals surface area contributed by atoms with Crippen LogP contribution >= 0.6 is 0 Å². The largest absolute Gasteiger partial charge is 0.466 e. The highest BCUT2D eigenvalue weighted by Gasteiger charge is 1.94. The van der Waals surface area contributed by atoms with Crippen molar-refractivity contribution in [2.45, 2.75) is 0 Å². The molecule has 1 heteroatoms. The van der Waals surface area contributed by atoms with Crippen molar-refractivity contribution in [1.29, 1.82) is 0 Å². The van der Waals surface area contributed by atoms with Gasteiger partial charge in [-0.05, 0) is 35.0 Å². The molecule has 0 bridgehead atoms. The lowest BCUT2D eigenvalue weighted by molar-refractivity contribution is 0.484. The molecule has 2 aromatic carbocycles. The van der Waals surface area contributed by atoms with Gasteiger partial charge in [0, 0.05) is 0 Å². The maximum Gasteiger partial charge on any atom is 0.127 e. The van der Waals surface area contributed by atoms with Crippen LogP contribution in [0.3, 0.4) is 0 Å². The first-order valence-electron chi connectivity index (χ1n) is 4.07. The summed E-state index contributed by atoms with van der Waals surface area (Å²) >= 11 is 0. The van der Waals surface area contributed by atoms with Crippen molar-refractivity contribution in [2.75, 3.05) is 0 Å². The molecule has 0 N–H and O–H groups in total. The van der Waals surface area contributed by atoms with Crippen LogP contribution in [0.25, 0.3) is 10.8 Å². The predicted octanol–water partition coefficient (Wildman–Crippen LogP) is 3.16. The van der Waals surface area contributed by atoms with Crippen molar-refractivity contribution >= 4 is 10.8 Å². The van der Waals surface area contributed by atoms with Gasteiger partial charge < -0.3 is 4.74 Å². The lowest BCUT2D eigenvalue weighted by atomic mass is 10.1. The van der Waals surface area contributed by atoms with Gasteiger partial charge in [0.05, 0.1) is 6.26 Å². The van der Waals surface area contributed by atoms with Gasteiger partial charge in [-0.15, -0.1) is 0 Å². The Balaban J connectivity index is 2.55. The van der Waals surface area contributed by atoms with Gasteiger partial charge in [0.15, 0.2) is 0 Å². The molecule has 0 saturated carbocycles. The molecular formula is C12H9O. The minimum Gasteiger partial charge on any atom is -0.466 e. The van der Waals surface area contributed by atoms with Gasteiger partial charge >= 0.3 is 0 Å². The van der Waals surface area contributed by atoms with Gasteiger partial charge in [0.25, 0.3) is 0 Å². The molecule has 2 rings (SSSR count). The zero-order valence-corrected chi connectivity index (χ0v) is 7.16. The molecule has 0 saturated heterocycles. The van der Waals surface area contributed by atoms with Crippen LogP contribution in [0.4, 0.5) is 0 Å². The molecular weight excluding hydrogens is 160 g/mol. The van der Waals surface area contributed by atoms with Gasteiger partial charge in [-0.2, -0.15) is 0 Å². The van der Waals surface area contributed by atoms with Crippen molar-refractivity contribution in [1.82, 2.24) is 0 Å². The van der Waals surface area contributed by atoms with Gasteiger partial charge in [-0.25, -0.2) is 0 Å². The van der Waals surface area contributed by atoms with Crippen LogP contribution in [0.15, 0.2) is 49.2 Å². The Morgan fingerprint density at radius 3 is 3.00 bits per heavy atom. The van der Waals surface area contributed by atoms with Gasteiger partial charge in [-0.1, -0.05) is 24.8 Å². The van der Waals surface area contributed by atoms with Crippen LogP contribution in [0.1, 0.15) is 0 Å². The lowest BCUT2D eigenvalue weighted by Gasteiger charge is -2.01. The summed E-state index contributed by atoms with van der Waals surface area (Å²) < 4.78 is 5.17. The molecule has 0 aliphatic carbocycles. The molecule has 0 aliphatic rings. The molecule has 0 atom stereocenters. The second-order valence-corrected chi connectivity index (χ2v) is 2.72. The van der Waals surface area contributed by atoms with Crippen LogP contribution in [0, 0.1) is 6.07 Å². The number of rotatable bonds is 2. The molecule has 13 heavy (non-hydrogen) atoms. The Morgan fingerprint density at radius 2 is 2.15 bits per heavy atom. The Bertz CT molecular complexity index is 432. The summed E-state index contributed by atoms with van der Waals surface area (Å²) in [4.78, 5) is 0. The van der Waals surface area contributed by atoms with E-state index in [0.29, 0.717) is 0 Å². The summed E-state index contributed by atoms with van der Waals surface area (Å²) in [5.74, 6) is 0.814. The van der Waals surface area contributed by atoms with Gasteiger partial charge in [-0.3, -0.25) is 0 Å². The third-order valence-electron chi connectivity index (χ3n) is 1.88. The molecule has 2 aromatic rings. The van der Waals surface area contributed by atoms with E-state index in [1.165, 1.54) is 11.6 Å². The van der Waals surface area contributed by atoms with Crippen molar-refractivity contribution in [3.8, 4) is 5.75 Å². The van der Waals surface area contributed by atoms with E-state index >= 15 is 0 Å². The van der Waals surface area contributed by atoms with Crippen molar-refractivity contribution in [3.05, 3.63) is 55.3 Å². The van der Waals surface area contributed by atoms with E-state index in [4.69, 9.17) is 4.74 Å². The predicted molar refractivity (Wildman–Crippen MR) is 53.6 cm³/mol. The normalized spacial score (nSPS) is 9.85. The number of fused-ring (bicyclic) bond motifs is 1. The minimum absolute atomic E-state index is 0.814. The maximum atomic E-state index is 5.17. The van der Waals surface area contributed by atoms with Gasteiger partial charge in [0.1, 0.15) is 5.75 Å². The van der Waals surface area contributed by atoms with E-state index in [2.05, 4.69) is 12.6 Å². The highest BCUT2D eigenvalue weighted by Crippen LogP contribution is 2.20. The smallest absolute Gasteiger partial charge is 0.127 e. The second kappa shape index (κ2) is 3.31. The Labute approximate surface area is 77.3 Å². The second-order valence-electron chi connectivity index (χ2n) is 2.72. The fourth-order valence-corrected chi connectivity index (χ4v) is 1.27. The SMILES string of the molecule is C=COc1ccc2c[c]ccc2c1. The van der Waals surface area contributed by atoms with E-state index in [9.17, 15) is 0 Å². The van der Waals surface area contributed by atoms with E-state index in [1.54, 1.807) is 0 Å². The quantitative estimate of drug-likeness (QED) is 0.627. The average molecular weight is 169 g/mol. The van der Waals surface area contributed by atoms with E-state index in [1.807, 2.05) is 36.4 Å². The molecule has 0 amide bonds. The number of benzene rings is 2. The summed E-state index contributed by atoms with van der Waals surface area (Å²) in [6, 6.07) is 14.8. The topological polar surface area (TPSA) is 9.23 Å². The van der Waals surface area contributed by atoms with E-state index < -0.39 is 0 Å². The molecule has 0 heterocycles. The molecule has 1 nitrogen and oxygen atoms in total. The zero-order chi connectivity index (χ0) is 9.10. The van der Waals surface area contributed by atoms with Crippen LogP contribution < -0.4 is 4.74 Å². The standard InChI is InChI=1S/C12H9O/c1-2-13-12-8-7-10-5-3-4-6-11(10)9-12/h2,4-9H,1H2. The molecule has 0 spiro atoms. The molecule has 63 valence electrons. The molecule has 0 aliphatic heterocycles. The molecule has 0 aromatic heterocycles. The number of ether oxygens (including phenoxy) is 1. The Kier molecular flexibility index (Phi) is 2.01. The third kappa shape index (κ3) is 1.54. The van der Waals surface area contributed by atoms with Gasteiger partial charge in [0.2, 0.25) is 0 Å². The van der Waals surface area contributed by atoms with Crippen LogP contribution in [-0.4, -0.2) is 0 Å². The first-order valence-corrected chi connectivity index (χ1v) is 4.07. The maximum absolute atomic E-state index is 5.17.